The van der Waals surface area contributed by atoms with Crippen molar-refractivity contribution >= 4 is 35.0 Å². The Morgan fingerprint density at radius 1 is 1.06 bits per heavy atom. The molecule has 14 heteroatoms. The first-order valence-electron chi connectivity index (χ1n) is 14.6. The van der Waals surface area contributed by atoms with Crippen molar-refractivity contribution in [2.45, 2.75) is 33.7 Å². The van der Waals surface area contributed by atoms with Gasteiger partial charge in [-0.2, -0.15) is 0 Å². The van der Waals surface area contributed by atoms with Crippen LogP contribution in [0.2, 0.25) is 0 Å². The van der Waals surface area contributed by atoms with Gasteiger partial charge in [0.15, 0.2) is 22.9 Å². The van der Waals surface area contributed by atoms with E-state index in [1.54, 1.807) is 63.2 Å². The Balaban J connectivity index is 1.62. The van der Waals surface area contributed by atoms with Crippen molar-refractivity contribution in [1.82, 2.24) is 4.57 Å². The largest absolute Gasteiger partial charge is 0.490 e. The lowest BCUT2D eigenvalue weighted by Crippen LogP contribution is -2.40. The van der Waals surface area contributed by atoms with Gasteiger partial charge in [-0.1, -0.05) is 23.5 Å². The molecule has 0 N–H and O–H groups in total. The Hall–Kier alpha value is -5.50. The zero-order chi connectivity index (χ0) is 33.8. The molecule has 0 amide bonds. The molecule has 0 spiro atoms. The van der Waals surface area contributed by atoms with E-state index in [9.17, 15) is 24.5 Å². The number of non-ortho nitro benzene ring substituents is 1. The normalized spacial score (nSPS) is 14.3. The molecular weight excluding hydrogens is 630 g/mol. The maximum atomic E-state index is 14.1. The topological polar surface area (TPSA) is 162 Å². The monoisotopic (exact) mass is 661 g/mol. The second-order valence-electron chi connectivity index (χ2n) is 10.3. The average Bonchev–Trinajstić information content (AvgIpc) is 3.63. The van der Waals surface area contributed by atoms with Crippen LogP contribution >= 0.6 is 11.3 Å². The smallest absolute Gasteiger partial charge is 0.343 e. The summed E-state index contributed by atoms with van der Waals surface area (Å²) in [5.74, 6) is 0.130. The van der Waals surface area contributed by atoms with Crippen molar-refractivity contribution in [2.75, 3.05) is 26.9 Å². The summed E-state index contributed by atoms with van der Waals surface area (Å²) >= 11 is 1.12. The zero-order valence-corrected chi connectivity index (χ0v) is 27.0. The van der Waals surface area contributed by atoms with E-state index in [0.29, 0.717) is 38.9 Å². The summed E-state index contributed by atoms with van der Waals surface area (Å²) in [5.41, 5.74) is 1.92. The number of allylic oxidation sites excluding steroid dienone is 1. The van der Waals surface area contributed by atoms with Gasteiger partial charge in [0.25, 0.3) is 11.2 Å². The number of methoxy groups -OCH3 is 1. The number of furan rings is 1. The molecule has 0 bridgehead atoms. The molecule has 2 aromatic carbocycles. The number of aromatic nitrogens is 1. The zero-order valence-electron chi connectivity index (χ0n) is 26.2. The van der Waals surface area contributed by atoms with E-state index in [-0.39, 0.29) is 41.4 Å². The molecule has 3 heterocycles. The molecule has 0 aliphatic carbocycles. The highest BCUT2D eigenvalue weighted by Crippen LogP contribution is 2.36. The second-order valence-corrected chi connectivity index (χ2v) is 11.3. The van der Waals surface area contributed by atoms with Crippen LogP contribution in [0.1, 0.15) is 43.7 Å². The molecule has 47 heavy (non-hydrogen) atoms. The fourth-order valence-corrected chi connectivity index (χ4v) is 6.10. The van der Waals surface area contributed by atoms with Gasteiger partial charge in [0.1, 0.15) is 11.5 Å². The molecule has 1 aliphatic heterocycles. The van der Waals surface area contributed by atoms with E-state index >= 15 is 0 Å². The summed E-state index contributed by atoms with van der Waals surface area (Å²) in [7, 11) is 1.25. The van der Waals surface area contributed by atoms with Gasteiger partial charge in [-0.25, -0.2) is 14.6 Å². The molecule has 0 fully saturated rings. The summed E-state index contributed by atoms with van der Waals surface area (Å²) in [6.45, 7) is 7.02. The Morgan fingerprint density at radius 2 is 1.85 bits per heavy atom. The van der Waals surface area contributed by atoms with Gasteiger partial charge in [0.2, 0.25) is 0 Å². The van der Waals surface area contributed by atoms with Crippen LogP contribution in [0.5, 0.6) is 11.5 Å². The molecule has 1 aliphatic rings. The van der Waals surface area contributed by atoms with Crippen molar-refractivity contribution in [3.8, 4) is 22.8 Å². The molecule has 0 unspecified atom stereocenters. The maximum absolute atomic E-state index is 14.1. The molecule has 0 saturated carbocycles. The van der Waals surface area contributed by atoms with Crippen LogP contribution in [-0.4, -0.2) is 48.4 Å². The van der Waals surface area contributed by atoms with Gasteiger partial charge >= 0.3 is 11.9 Å². The summed E-state index contributed by atoms with van der Waals surface area (Å²) in [6.07, 6.45) is 1.57. The van der Waals surface area contributed by atoms with Crippen LogP contribution < -0.4 is 24.4 Å². The number of hydrogen-bond donors (Lipinski definition) is 0. The maximum Gasteiger partial charge on any atom is 0.343 e. The van der Waals surface area contributed by atoms with Crippen LogP contribution in [0, 0.1) is 17.0 Å². The minimum Gasteiger partial charge on any atom is -0.490 e. The molecule has 1 atom stereocenters. The first-order chi connectivity index (χ1) is 22.6. The third-order valence-corrected chi connectivity index (χ3v) is 8.25. The first kappa shape index (κ1) is 32.9. The van der Waals surface area contributed by atoms with E-state index in [2.05, 4.69) is 9.73 Å². The minimum atomic E-state index is -0.930. The second kappa shape index (κ2) is 13.9. The molecular formula is C33H31N3O10S. The van der Waals surface area contributed by atoms with E-state index in [4.69, 9.17) is 18.6 Å². The van der Waals surface area contributed by atoms with Crippen LogP contribution in [-0.2, 0) is 19.1 Å². The average molecular weight is 662 g/mol. The number of nitro benzene ring substituents is 1. The van der Waals surface area contributed by atoms with Crippen molar-refractivity contribution in [3.63, 3.8) is 0 Å². The lowest BCUT2D eigenvalue weighted by Gasteiger charge is -2.25. The number of benzene rings is 2. The number of nitrogens with zero attached hydrogens (tertiary/aromatic N) is 3. The standard InChI is InChI=1S/C33H31N3O10S/c1-6-43-26-14-20(9-12-25(26)45-17-28(37)42-5)30-29(32(39)44-7-2)19(4)34-33-35(30)31(38)27(47-33)16-22-11-13-24(46-22)23-15-21(36(40)41)10-8-18(23)3/h8-16,30H,6-7,17H2,1-5H3/b27-16-/t30-/m0/s1. The highest BCUT2D eigenvalue weighted by molar-refractivity contribution is 7.07. The van der Waals surface area contributed by atoms with Crippen LogP contribution in [0.4, 0.5) is 5.69 Å². The number of fused-ring (bicyclic) bond motifs is 1. The van der Waals surface area contributed by atoms with E-state index in [0.717, 1.165) is 16.9 Å². The molecule has 13 nitrogen and oxygen atoms in total. The van der Waals surface area contributed by atoms with Crippen molar-refractivity contribution in [3.05, 3.63) is 106 Å². The highest BCUT2D eigenvalue weighted by Gasteiger charge is 2.34. The Kier molecular flexibility index (Phi) is 9.70. The molecule has 2 aromatic heterocycles. The summed E-state index contributed by atoms with van der Waals surface area (Å²) in [4.78, 5) is 54.8. The molecule has 244 valence electrons. The first-order valence-corrected chi connectivity index (χ1v) is 15.4. The number of nitro groups is 1. The molecule has 4 aromatic rings. The Bertz CT molecular complexity index is 2090. The number of rotatable bonds is 11. The predicted molar refractivity (Wildman–Crippen MR) is 171 cm³/mol. The van der Waals surface area contributed by atoms with Crippen LogP contribution in [0.15, 0.2) is 74.0 Å². The van der Waals surface area contributed by atoms with Crippen molar-refractivity contribution < 1.29 is 37.9 Å². The number of thiazole rings is 1. The number of esters is 2. The number of aryl methyl sites for hydroxylation is 1. The Morgan fingerprint density at radius 3 is 2.55 bits per heavy atom. The quantitative estimate of drug-likeness (QED) is 0.129. The SMILES string of the molecule is CCOC(=O)C1=C(C)N=c2s/c(=C\c3ccc(-c4cc([N+](=O)[O-])ccc4C)o3)c(=O)n2[C@H]1c1ccc(OCC(=O)OC)c(OCC)c1. The lowest BCUT2D eigenvalue weighted by molar-refractivity contribution is -0.384. The number of hydrogen-bond acceptors (Lipinski definition) is 12. The van der Waals surface area contributed by atoms with Crippen LogP contribution in [0.3, 0.4) is 0 Å². The third-order valence-electron chi connectivity index (χ3n) is 7.27. The lowest BCUT2D eigenvalue weighted by atomic mass is 9.95. The van der Waals surface area contributed by atoms with Gasteiger partial charge in [0, 0.05) is 23.8 Å². The van der Waals surface area contributed by atoms with Gasteiger partial charge in [-0.15, -0.1) is 0 Å². The van der Waals surface area contributed by atoms with E-state index in [1.165, 1.54) is 23.8 Å². The minimum absolute atomic E-state index is 0.0693. The summed E-state index contributed by atoms with van der Waals surface area (Å²) in [6, 6.07) is 11.8. The number of carbonyl (C=O) groups excluding carboxylic acids is 2. The third kappa shape index (κ3) is 6.72. The van der Waals surface area contributed by atoms with E-state index < -0.39 is 28.5 Å². The fraction of sp³-hybridized carbons (Fsp3) is 0.273. The van der Waals surface area contributed by atoms with Gasteiger partial charge in [-0.3, -0.25) is 19.5 Å². The molecule has 0 radical (unpaired) electrons. The number of carbonyl (C=O) groups is 2. The van der Waals surface area contributed by atoms with Crippen molar-refractivity contribution in [1.29, 1.82) is 0 Å². The Labute approximate surface area is 272 Å². The summed E-state index contributed by atoms with van der Waals surface area (Å²) in [5, 5.41) is 11.3. The van der Waals surface area contributed by atoms with Gasteiger partial charge < -0.3 is 23.4 Å². The highest BCUT2D eigenvalue weighted by atomic mass is 32.1. The van der Waals surface area contributed by atoms with Gasteiger partial charge in [-0.05, 0) is 63.1 Å². The number of ether oxygens (including phenoxy) is 4. The van der Waals surface area contributed by atoms with Gasteiger partial charge in [0.05, 0.1) is 47.1 Å². The predicted octanol–water partition coefficient (Wildman–Crippen LogP) is 4.23. The van der Waals surface area contributed by atoms with E-state index in [1.807, 2.05) is 6.92 Å². The van der Waals surface area contributed by atoms with Crippen molar-refractivity contribution in [2.24, 2.45) is 4.99 Å². The molecule has 5 rings (SSSR count). The van der Waals surface area contributed by atoms with Crippen LogP contribution in [0.25, 0.3) is 17.4 Å². The molecule has 0 saturated heterocycles. The summed E-state index contributed by atoms with van der Waals surface area (Å²) < 4.78 is 29.2. The fourth-order valence-electron chi connectivity index (χ4n) is 5.08.